The topological polar surface area (TPSA) is 127 Å². The van der Waals surface area contributed by atoms with Gasteiger partial charge in [-0.2, -0.15) is 4.98 Å². The Labute approximate surface area is 236 Å². The van der Waals surface area contributed by atoms with Crippen LogP contribution in [-0.4, -0.2) is 90.4 Å². The highest BCUT2D eigenvalue weighted by atomic mass is 19.1. The number of rotatable bonds is 14. The molecule has 0 bridgehead atoms. The van der Waals surface area contributed by atoms with Gasteiger partial charge >= 0.3 is 0 Å². The third kappa shape index (κ3) is 10.5. The number of likely N-dealkylation sites (N-methyl/N-ethyl adjacent to an activating group) is 2. The maximum absolute atomic E-state index is 14.0. The van der Waals surface area contributed by atoms with Crippen molar-refractivity contribution in [3.8, 4) is 11.8 Å². The van der Waals surface area contributed by atoms with Crippen molar-refractivity contribution in [2.45, 2.75) is 39.2 Å². The first kappa shape index (κ1) is 32.0. The van der Waals surface area contributed by atoms with Gasteiger partial charge in [-0.3, -0.25) is 9.59 Å². The minimum Gasteiger partial charge on any atom is -0.371 e. The van der Waals surface area contributed by atoms with E-state index in [4.69, 9.17) is 0 Å². The lowest BCUT2D eigenvalue weighted by Crippen LogP contribution is -2.45. The van der Waals surface area contributed by atoms with Crippen LogP contribution >= 0.6 is 0 Å². The van der Waals surface area contributed by atoms with Crippen LogP contribution in [0.2, 0.25) is 0 Å². The van der Waals surface area contributed by atoms with Crippen LogP contribution in [0.1, 0.15) is 38.7 Å². The smallest absolute Gasteiger partial charge is 0.246 e. The Morgan fingerprint density at radius 2 is 1.93 bits per heavy atom. The first-order valence-corrected chi connectivity index (χ1v) is 13.2. The molecule has 0 unspecified atom stereocenters. The first-order chi connectivity index (χ1) is 19.2. The molecule has 0 saturated carbocycles. The summed E-state index contributed by atoms with van der Waals surface area (Å²) in [5, 5.41) is 11.7. The van der Waals surface area contributed by atoms with E-state index >= 15 is 0 Å². The van der Waals surface area contributed by atoms with Gasteiger partial charge in [0.25, 0.3) is 0 Å². The van der Waals surface area contributed by atoms with Gasteiger partial charge in [0.05, 0.1) is 23.6 Å². The molecule has 2 aromatic heterocycles. The molecular weight excluding hydrogens is 513 g/mol. The van der Waals surface area contributed by atoms with E-state index in [1.807, 2.05) is 25.9 Å². The van der Waals surface area contributed by atoms with Gasteiger partial charge in [0.2, 0.25) is 17.8 Å². The number of hydrogen-bond acceptors (Lipinski definition) is 9. The maximum Gasteiger partial charge on any atom is 0.246 e. The average Bonchev–Trinajstić information content (AvgIpc) is 2.93. The normalized spacial score (nSPS) is 11.5. The van der Waals surface area contributed by atoms with E-state index in [0.29, 0.717) is 49.5 Å². The molecule has 0 radical (unpaired) electrons. The summed E-state index contributed by atoms with van der Waals surface area (Å²) in [6.45, 7) is 5.52. The number of anilines is 4. The molecule has 11 nitrogen and oxygen atoms in total. The second kappa shape index (κ2) is 16.7. The molecule has 0 spiro atoms. The SMILES string of the molecule is CCCNc1nc(Nc2cnc(NC)c(F)c2)ncc1C#CCCCNC(=O)[C@H](C)N(C)C(=O)/C=C/CN(C)C. The van der Waals surface area contributed by atoms with Crippen LogP contribution in [0.3, 0.4) is 0 Å². The molecule has 4 N–H and O–H groups in total. The van der Waals surface area contributed by atoms with Crippen molar-refractivity contribution < 1.29 is 14.0 Å². The Morgan fingerprint density at radius 1 is 1.15 bits per heavy atom. The molecule has 1 atom stereocenters. The van der Waals surface area contributed by atoms with E-state index in [-0.39, 0.29) is 23.6 Å². The van der Waals surface area contributed by atoms with E-state index in [2.05, 4.69) is 48.1 Å². The Balaban J connectivity index is 1.90. The van der Waals surface area contributed by atoms with Crippen molar-refractivity contribution in [1.29, 1.82) is 0 Å². The molecule has 2 aromatic rings. The molecule has 0 saturated heterocycles. The van der Waals surface area contributed by atoms with Crippen molar-refractivity contribution in [1.82, 2.24) is 30.1 Å². The Morgan fingerprint density at radius 3 is 2.60 bits per heavy atom. The van der Waals surface area contributed by atoms with Gasteiger partial charge in [0, 0.05) is 52.3 Å². The van der Waals surface area contributed by atoms with Crippen molar-refractivity contribution in [2.75, 3.05) is 63.8 Å². The molecule has 2 rings (SSSR count). The summed E-state index contributed by atoms with van der Waals surface area (Å²) in [5.74, 6) is 6.27. The predicted molar refractivity (Wildman–Crippen MR) is 157 cm³/mol. The summed E-state index contributed by atoms with van der Waals surface area (Å²) < 4.78 is 14.0. The van der Waals surface area contributed by atoms with Gasteiger partial charge in [-0.1, -0.05) is 24.8 Å². The zero-order chi connectivity index (χ0) is 29.5. The lowest BCUT2D eigenvalue weighted by atomic mass is 10.2. The Kier molecular flexibility index (Phi) is 13.3. The molecule has 0 aromatic carbocycles. The van der Waals surface area contributed by atoms with E-state index in [1.54, 1.807) is 33.3 Å². The lowest BCUT2D eigenvalue weighted by Gasteiger charge is -2.23. The molecular formula is C28H40FN9O2. The monoisotopic (exact) mass is 553 g/mol. The van der Waals surface area contributed by atoms with Crippen LogP contribution in [-0.2, 0) is 9.59 Å². The standard InChI is InChI=1S/C28H40FN9O2/c1-7-14-31-25-21(18-34-28(36-25)35-22-17-23(29)26(30-3)33-19-22)12-9-8-10-15-32-27(40)20(2)38(6)24(39)13-11-16-37(4)5/h11,13,17-20H,7-8,10,14-16H2,1-6H3,(H,30,33)(H,32,40)(H2,31,34,35,36)/b13-11+/t20-/m0/s1. The number of nitrogens with one attached hydrogen (secondary N) is 4. The summed E-state index contributed by atoms with van der Waals surface area (Å²) in [7, 11) is 7.04. The molecule has 2 amide bonds. The molecule has 0 aliphatic carbocycles. The van der Waals surface area contributed by atoms with Gasteiger partial charge in [0.15, 0.2) is 11.6 Å². The molecule has 0 aliphatic heterocycles. The summed E-state index contributed by atoms with van der Waals surface area (Å²) in [6, 6.07) is 0.723. The quantitative estimate of drug-likeness (QED) is 0.159. The zero-order valence-electron chi connectivity index (χ0n) is 24.1. The van der Waals surface area contributed by atoms with Crippen LogP contribution in [0.25, 0.3) is 0 Å². The van der Waals surface area contributed by atoms with Crippen LogP contribution in [0.4, 0.5) is 27.7 Å². The minimum absolute atomic E-state index is 0.155. The Hall–Kier alpha value is -4.24. The second-order valence-corrected chi connectivity index (χ2v) is 9.30. The number of carbonyl (C=O) groups is 2. The third-order valence-corrected chi connectivity index (χ3v) is 5.71. The number of aromatic nitrogens is 3. The molecule has 40 heavy (non-hydrogen) atoms. The van der Waals surface area contributed by atoms with Crippen LogP contribution in [0.15, 0.2) is 30.6 Å². The average molecular weight is 554 g/mol. The van der Waals surface area contributed by atoms with Gasteiger partial charge in [0.1, 0.15) is 11.9 Å². The van der Waals surface area contributed by atoms with Gasteiger partial charge < -0.3 is 31.1 Å². The highest BCUT2D eigenvalue weighted by Gasteiger charge is 2.20. The fraction of sp³-hybridized carbons (Fsp3) is 0.464. The fourth-order valence-electron chi connectivity index (χ4n) is 3.27. The largest absolute Gasteiger partial charge is 0.371 e. The van der Waals surface area contributed by atoms with E-state index in [9.17, 15) is 14.0 Å². The summed E-state index contributed by atoms with van der Waals surface area (Å²) in [6.07, 6.45) is 8.43. The number of amides is 2. The number of unbranched alkanes of at least 4 members (excludes halogenated alkanes) is 1. The van der Waals surface area contributed by atoms with Gasteiger partial charge in [-0.25, -0.2) is 14.4 Å². The van der Waals surface area contributed by atoms with Crippen molar-refractivity contribution >= 4 is 35.1 Å². The van der Waals surface area contributed by atoms with Crippen LogP contribution < -0.4 is 21.3 Å². The van der Waals surface area contributed by atoms with E-state index < -0.39 is 11.9 Å². The van der Waals surface area contributed by atoms with Crippen molar-refractivity contribution in [3.63, 3.8) is 0 Å². The predicted octanol–water partition coefficient (Wildman–Crippen LogP) is 2.83. The van der Waals surface area contributed by atoms with Crippen molar-refractivity contribution in [2.24, 2.45) is 0 Å². The van der Waals surface area contributed by atoms with Gasteiger partial charge in [-0.15, -0.1) is 0 Å². The highest BCUT2D eigenvalue weighted by Crippen LogP contribution is 2.20. The number of carbonyl (C=O) groups excluding carboxylic acids is 2. The molecule has 216 valence electrons. The molecule has 0 fully saturated rings. The maximum atomic E-state index is 14.0. The molecule has 0 aliphatic rings. The summed E-state index contributed by atoms with van der Waals surface area (Å²) in [4.78, 5) is 40.9. The van der Waals surface area contributed by atoms with Crippen LogP contribution in [0, 0.1) is 17.7 Å². The number of hydrogen-bond donors (Lipinski definition) is 4. The fourth-order valence-corrected chi connectivity index (χ4v) is 3.27. The highest BCUT2D eigenvalue weighted by molar-refractivity contribution is 5.92. The third-order valence-electron chi connectivity index (χ3n) is 5.71. The number of pyridine rings is 1. The van der Waals surface area contributed by atoms with Crippen molar-refractivity contribution in [3.05, 3.63) is 42.0 Å². The molecule has 2 heterocycles. The molecule has 12 heteroatoms. The number of nitrogens with zero attached hydrogens (tertiary/aromatic N) is 5. The zero-order valence-corrected chi connectivity index (χ0v) is 24.1. The second-order valence-electron chi connectivity index (χ2n) is 9.30. The summed E-state index contributed by atoms with van der Waals surface area (Å²) in [5.41, 5.74) is 1.05. The van der Waals surface area contributed by atoms with E-state index in [1.165, 1.54) is 23.2 Å². The van der Waals surface area contributed by atoms with Gasteiger partial charge in [-0.05, 0) is 33.9 Å². The minimum atomic E-state index is -0.590. The lowest BCUT2D eigenvalue weighted by molar-refractivity contribution is -0.135. The number of halogens is 1. The van der Waals surface area contributed by atoms with E-state index in [0.717, 1.165) is 6.42 Å². The van der Waals surface area contributed by atoms with Crippen LogP contribution in [0.5, 0.6) is 0 Å². The first-order valence-electron chi connectivity index (χ1n) is 13.2. The summed E-state index contributed by atoms with van der Waals surface area (Å²) >= 11 is 0. The Bertz CT molecular complexity index is 1220.